The van der Waals surface area contributed by atoms with Gasteiger partial charge in [-0.1, -0.05) is 103 Å². The molecule has 0 amide bonds. The molecule has 4 saturated heterocycles. The van der Waals surface area contributed by atoms with Gasteiger partial charge in [0.15, 0.2) is 0 Å². The lowest BCUT2D eigenvalue weighted by Crippen LogP contribution is -2.48. The van der Waals surface area contributed by atoms with E-state index < -0.39 is 0 Å². The molecule has 0 aliphatic carbocycles. The zero-order chi connectivity index (χ0) is 31.7. The second-order valence-electron chi connectivity index (χ2n) is 16.5. The Morgan fingerprint density at radius 1 is 0.533 bits per heavy atom. The Morgan fingerprint density at radius 3 is 1.47 bits per heavy atom. The third kappa shape index (κ3) is 14.1. The van der Waals surface area contributed by atoms with E-state index in [1.807, 2.05) is 0 Å². The van der Waals surface area contributed by atoms with Crippen LogP contribution in [0.4, 0.5) is 0 Å². The first kappa shape index (κ1) is 37.6. The number of unbranched alkanes of at least 4 members (excludes halogenated alkanes) is 14. The van der Waals surface area contributed by atoms with E-state index in [1.54, 1.807) is 0 Å². The molecule has 4 aliphatic rings. The number of hydrogen-bond donors (Lipinski definition) is 4. The van der Waals surface area contributed by atoms with Crippen molar-refractivity contribution >= 4 is 0 Å². The van der Waals surface area contributed by atoms with Crippen LogP contribution in [0.3, 0.4) is 0 Å². The monoisotopic (exact) mass is 632 g/mol. The third-order valence-corrected chi connectivity index (χ3v) is 12.7. The highest BCUT2D eigenvalue weighted by atomic mass is 16.3. The molecule has 0 aromatic carbocycles. The average molecular weight is 632 g/mol. The summed E-state index contributed by atoms with van der Waals surface area (Å²) in [4.78, 5) is 2.91. The van der Waals surface area contributed by atoms with Crippen molar-refractivity contribution in [1.29, 1.82) is 0 Å². The number of nitrogens with one attached hydrogen (secondary N) is 2. The van der Waals surface area contributed by atoms with E-state index in [-0.39, 0.29) is 24.3 Å². The van der Waals surface area contributed by atoms with Crippen molar-refractivity contribution in [2.75, 3.05) is 13.1 Å². The third-order valence-electron chi connectivity index (χ3n) is 12.7. The lowest BCUT2D eigenvalue weighted by Gasteiger charge is -2.41. The largest absolute Gasteiger partial charge is 0.392 e. The standard InChI is InChI=1S/C40H77N3O2/c1-32-39(44)27-25-36(41-32)22-17-13-9-5-3-7-11-15-20-34-30-35(38-24-19-29-43(38)31-34)21-16-12-8-4-6-10-14-18-23-37-26-28-40(45)33(2)42-37/h32-42,44-45H,3-31H2,1-2H3. The summed E-state index contributed by atoms with van der Waals surface area (Å²) in [5.41, 5.74) is 0. The highest BCUT2D eigenvalue weighted by Gasteiger charge is 2.37. The summed E-state index contributed by atoms with van der Waals surface area (Å²) in [5.74, 6) is 1.96. The van der Waals surface area contributed by atoms with Crippen LogP contribution in [0.15, 0.2) is 0 Å². The van der Waals surface area contributed by atoms with E-state index in [0.29, 0.717) is 12.1 Å². The van der Waals surface area contributed by atoms with Gasteiger partial charge in [-0.25, -0.2) is 0 Å². The molecule has 4 rings (SSSR count). The highest BCUT2D eigenvalue weighted by Crippen LogP contribution is 2.39. The van der Waals surface area contributed by atoms with E-state index in [2.05, 4.69) is 29.4 Å². The van der Waals surface area contributed by atoms with E-state index in [9.17, 15) is 10.2 Å². The van der Waals surface area contributed by atoms with Crippen LogP contribution in [0.2, 0.25) is 0 Å². The summed E-state index contributed by atoms with van der Waals surface area (Å²) < 4.78 is 0. The fraction of sp³-hybridized carbons (Fsp3) is 1.00. The Morgan fingerprint density at radius 2 is 0.978 bits per heavy atom. The summed E-state index contributed by atoms with van der Waals surface area (Å²) in [5, 5.41) is 27.0. The van der Waals surface area contributed by atoms with E-state index in [0.717, 1.165) is 43.6 Å². The molecule has 0 aromatic heterocycles. The molecule has 9 unspecified atom stereocenters. The Balaban J connectivity index is 0.944. The number of rotatable bonds is 22. The lowest BCUT2D eigenvalue weighted by molar-refractivity contribution is 0.0775. The topological polar surface area (TPSA) is 67.8 Å². The summed E-state index contributed by atoms with van der Waals surface area (Å²) in [6, 6.07) is 2.76. The van der Waals surface area contributed by atoms with E-state index in [4.69, 9.17) is 0 Å². The summed E-state index contributed by atoms with van der Waals surface area (Å²) >= 11 is 0. The normalized spacial score (nSPS) is 34.3. The molecule has 5 nitrogen and oxygen atoms in total. The van der Waals surface area contributed by atoms with Crippen molar-refractivity contribution in [3.8, 4) is 0 Å². The minimum absolute atomic E-state index is 0.138. The number of fused-ring (bicyclic) bond motifs is 1. The predicted molar refractivity (Wildman–Crippen MR) is 192 cm³/mol. The molecular formula is C40H77N3O2. The van der Waals surface area contributed by atoms with Gasteiger partial charge in [0, 0.05) is 36.8 Å². The molecule has 264 valence electrons. The Hall–Kier alpha value is -0.200. The highest BCUT2D eigenvalue weighted by molar-refractivity contribution is 4.92. The van der Waals surface area contributed by atoms with E-state index >= 15 is 0 Å². The lowest BCUT2D eigenvalue weighted by atomic mass is 9.78. The van der Waals surface area contributed by atoms with Crippen molar-refractivity contribution in [2.24, 2.45) is 11.8 Å². The van der Waals surface area contributed by atoms with Crippen LogP contribution in [0, 0.1) is 11.8 Å². The Labute approximate surface area is 279 Å². The summed E-state index contributed by atoms with van der Waals surface area (Å²) in [6.45, 7) is 7.05. The van der Waals surface area contributed by atoms with Gasteiger partial charge in [0.25, 0.3) is 0 Å². The van der Waals surface area contributed by atoms with Crippen LogP contribution in [0.5, 0.6) is 0 Å². The van der Waals surface area contributed by atoms with Gasteiger partial charge in [0.05, 0.1) is 12.2 Å². The number of piperidine rings is 3. The Bertz CT molecular complexity index is 751. The first-order valence-corrected chi connectivity index (χ1v) is 20.6. The van der Waals surface area contributed by atoms with Gasteiger partial charge >= 0.3 is 0 Å². The van der Waals surface area contributed by atoms with Gasteiger partial charge < -0.3 is 20.8 Å². The van der Waals surface area contributed by atoms with Crippen molar-refractivity contribution < 1.29 is 10.2 Å². The van der Waals surface area contributed by atoms with Gasteiger partial charge in [-0.15, -0.1) is 0 Å². The molecule has 0 saturated carbocycles. The zero-order valence-corrected chi connectivity index (χ0v) is 30.0. The number of aliphatic hydroxyl groups excluding tert-OH is 2. The minimum atomic E-state index is -0.138. The molecule has 0 aromatic rings. The van der Waals surface area contributed by atoms with Gasteiger partial charge in [0.1, 0.15) is 0 Å². The molecule has 4 N–H and O–H groups in total. The van der Waals surface area contributed by atoms with Crippen LogP contribution in [-0.2, 0) is 0 Å². The van der Waals surface area contributed by atoms with Gasteiger partial charge in [-0.3, -0.25) is 4.90 Å². The fourth-order valence-electron chi connectivity index (χ4n) is 9.70. The van der Waals surface area contributed by atoms with Crippen molar-refractivity contribution in [1.82, 2.24) is 15.5 Å². The summed E-state index contributed by atoms with van der Waals surface area (Å²) in [7, 11) is 0. The molecule has 5 heteroatoms. The van der Waals surface area contributed by atoms with Crippen molar-refractivity contribution in [3.63, 3.8) is 0 Å². The Kier molecular flexibility index (Phi) is 18.1. The van der Waals surface area contributed by atoms with Crippen LogP contribution in [0.25, 0.3) is 0 Å². The molecule has 4 fully saturated rings. The summed E-state index contributed by atoms with van der Waals surface area (Å²) in [6.07, 6.45) is 36.8. The average Bonchev–Trinajstić information content (AvgIpc) is 3.51. The number of aliphatic hydroxyl groups is 2. The van der Waals surface area contributed by atoms with Crippen molar-refractivity contribution in [2.45, 2.75) is 230 Å². The molecule has 9 atom stereocenters. The van der Waals surface area contributed by atoms with Crippen molar-refractivity contribution in [3.05, 3.63) is 0 Å². The molecule has 4 aliphatic heterocycles. The number of hydrogen-bond acceptors (Lipinski definition) is 5. The van der Waals surface area contributed by atoms with Crippen LogP contribution in [-0.4, -0.2) is 70.6 Å². The molecule has 0 spiro atoms. The maximum atomic E-state index is 9.89. The SMILES string of the molecule is CC1NC(CCCCCCCCCCC2CC(CCCCCCCCCCC3CCC(O)C(C)N3)C3CCCN3C2)CCC1O. The predicted octanol–water partition coefficient (Wildman–Crippen LogP) is 8.89. The van der Waals surface area contributed by atoms with Crippen LogP contribution in [0.1, 0.15) is 187 Å². The molecular weight excluding hydrogens is 554 g/mol. The maximum Gasteiger partial charge on any atom is 0.0691 e. The first-order chi connectivity index (χ1) is 22.0. The quantitative estimate of drug-likeness (QED) is 0.0899. The second kappa shape index (κ2) is 21.7. The number of nitrogens with zero attached hydrogens (tertiary/aromatic N) is 1. The van der Waals surface area contributed by atoms with E-state index in [1.165, 1.54) is 161 Å². The van der Waals surface area contributed by atoms with Crippen LogP contribution < -0.4 is 10.6 Å². The maximum absolute atomic E-state index is 9.89. The van der Waals surface area contributed by atoms with Gasteiger partial charge in [-0.05, 0) is 103 Å². The molecule has 0 bridgehead atoms. The smallest absolute Gasteiger partial charge is 0.0691 e. The van der Waals surface area contributed by atoms with Gasteiger partial charge in [0.2, 0.25) is 0 Å². The molecule has 45 heavy (non-hydrogen) atoms. The zero-order valence-electron chi connectivity index (χ0n) is 30.0. The molecule has 0 radical (unpaired) electrons. The van der Waals surface area contributed by atoms with Gasteiger partial charge in [-0.2, -0.15) is 0 Å². The second-order valence-corrected chi connectivity index (χ2v) is 16.5. The molecule has 4 heterocycles. The fourth-order valence-corrected chi connectivity index (χ4v) is 9.70. The van der Waals surface area contributed by atoms with Crippen LogP contribution >= 0.6 is 0 Å². The first-order valence-electron chi connectivity index (χ1n) is 20.6. The minimum Gasteiger partial charge on any atom is -0.392 e.